The number of unbranched alkanes of at least 4 members (excludes halogenated alkanes) is 12. The zero-order chi connectivity index (χ0) is 21.3. The van der Waals surface area contributed by atoms with E-state index in [1.165, 1.54) is 133 Å². The van der Waals surface area contributed by atoms with Crippen molar-refractivity contribution in [2.24, 2.45) is 0 Å². The normalized spacial score (nSPS) is 11.0. The van der Waals surface area contributed by atoms with Gasteiger partial charge in [-0.15, -0.1) is 0 Å². The Hall–Kier alpha value is -0.660. The van der Waals surface area contributed by atoms with Crippen LogP contribution in [0.5, 0.6) is 0 Å². The van der Waals surface area contributed by atoms with E-state index >= 15 is 0 Å². The second-order valence-electron chi connectivity index (χ2n) is 8.57. The van der Waals surface area contributed by atoms with Crippen molar-refractivity contribution in [3.8, 4) is 0 Å². The fraction of sp³-hybridized carbons (Fsp3) is 0.960. The molecule has 0 aromatic heterocycles. The van der Waals surface area contributed by atoms with Crippen LogP contribution >= 0.6 is 0 Å². The van der Waals surface area contributed by atoms with Gasteiger partial charge in [0.1, 0.15) is 0 Å². The average molecular weight is 397 g/mol. The molecule has 3 heteroatoms. The Bertz CT molecular complexity index is 271. The molecule has 0 bridgehead atoms. The second-order valence-corrected chi connectivity index (χ2v) is 8.57. The van der Waals surface area contributed by atoms with Gasteiger partial charge in [-0.3, -0.25) is 4.79 Å². The summed E-state index contributed by atoms with van der Waals surface area (Å²) in [6.07, 6.45) is 23.3. The summed E-state index contributed by atoms with van der Waals surface area (Å²) < 4.78 is 1.46. The fourth-order valence-electron chi connectivity index (χ4n) is 4.17. The van der Waals surface area contributed by atoms with Gasteiger partial charge >= 0.3 is 0 Å². The van der Waals surface area contributed by atoms with Gasteiger partial charge in [-0.2, -0.15) is 0 Å². The molecule has 0 rings (SSSR count). The molecule has 0 atom stereocenters. The van der Waals surface area contributed by atoms with Crippen molar-refractivity contribution in [1.29, 1.82) is 0 Å². The summed E-state index contributed by atoms with van der Waals surface area (Å²) in [6, 6.07) is 0. The smallest absolute Gasteiger partial charge is 0.0786 e. The van der Waals surface area contributed by atoms with E-state index in [1.54, 1.807) is 0 Å². The molecule has 0 spiro atoms. The Morgan fingerprint density at radius 1 is 0.500 bits per heavy atom. The molecule has 0 aromatic carbocycles. The molecule has 0 aliphatic carbocycles. The lowest BCUT2D eigenvalue weighted by Gasteiger charge is -2.39. The van der Waals surface area contributed by atoms with Gasteiger partial charge in [0.05, 0.1) is 26.2 Å². The fourth-order valence-corrected chi connectivity index (χ4v) is 4.17. The van der Waals surface area contributed by atoms with Crippen molar-refractivity contribution in [2.45, 2.75) is 130 Å². The minimum Gasteiger partial charge on any atom is -0.724 e. The van der Waals surface area contributed by atoms with E-state index in [1.807, 2.05) is 0 Å². The molecule has 0 unspecified atom stereocenters. The first-order valence-corrected chi connectivity index (χ1v) is 12.5. The minimum atomic E-state index is 0.500. The summed E-state index contributed by atoms with van der Waals surface area (Å²) in [5.41, 5.74) is 0. The third kappa shape index (κ3) is 20.1. The topological polar surface area (TPSA) is 39.4 Å². The van der Waals surface area contributed by atoms with Gasteiger partial charge in [-0.25, -0.2) is 0 Å². The quantitative estimate of drug-likeness (QED) is 0.0888. The van der Waals surface area contributed by atoms with E-state index < -0.39 is 0 Å². The highest BCUT2D eigenvalue weighted by atomic mass is 16.1. The first kappa shape index (κ1) is 29.5. The van der Waals surface area contributed by atoms with E-state index in [2.05, 4.69) is 27.7 Å². The van der Waals surface area contributed by atoms with Gasteiger partial charge in [0, 0.05) is 0 Å². The van der Waals surface area contributed by atoms with Crippen LogP contribution in [-0.2, 0) is 4.79 Å². The van der Waals surface area contributed by atoms with Crippen molar-refractivity contribution in [2.75, 3.05) is 26.2 Å². The maximum Gasteiger partial charge on any atom is 0.0786 e. The largest absolute Gasteiger partial charge is 0.724 e. The highest BCUT2D eigenvalue weighted by Crippen LogP contribution is 2.19. The van der Waals surface area contributed by atoms with E-state index in [0.29, 0.717) is 6.08 Å². The van der Waals surface area contributed by atoms with Crippen LogP contribution in [-0.4, -0.2) is 36.7 Å². The molecule has 3 nitrogen and oxygen atoms in total. The second kappa shape index (κ2) is 24.4. The van der Waals surface area contributed by atoms with Gasteiger partial charge in [0.2, 0.25) is 0 Å². The van der Waals surface area contributed by atoms with E-state index in [0.717, 1.165) is 0 Å². The monoisotopic (exact) mass is 396 g/mol. The van der Waals surface area contributed by atoms with Crippen LogP contribution in [0, 0.1) is 0 Å². The maximum atomic E-state index is 8.24. The average Bonchev–Trinajstić information content (AvgIpc) is 2.70. The Labute approximate surface area is 177 Å². The lowest BCUT2D eigenvalue weighted by Crippen LogP contribution is -2.50. The molecular formula is C25H52N2O. The number of isocyanates is 1. The number of nitrogens with zero attached hydrogens (tertiary/aromatic N) is 2. The van der Waals surface area contributed by atoms with Crippen LogP contribution in [0.3, 0.4) is 0 Å². The van der Waals surface area contributed by atoms with E-state index in [-0.39, 0.29) is 0 Å². The third-order valence-corrected chi connectivity index (χ3v) is 5.94. The Kier molecular flexibility index (Phi) is 25.7. The molecule has 0 saturated heterocycles. The number of carbonyl (C=O) groups excluding carboxylic acids is 1. The van der Waals surface area contributed by atoms with Crippen LogP contribution in [0.25, 0.3) is 5.41 Å². The third-order valence-electron chi connectivity index (χ3n) is 5.94. The van der Waals surface area contributed by atoms with Gasteiger partial charge < -0.3 is 9.89 Å². The standard InChI is InChI=1S/C24H52N.CNO/c1-5-9-13-17-21-25(22-18-14-10-6-2,23-19-15-11-7-3)24-20-16-12-8-4;2-1-3/h5-24H2,1-4H3;/q+1;-1. The predicted molar refractivity (Wildman–Crippen MR) is 125 cm³/mol. The SMILES string of the molecule is CCCCCC[N+](CCCCCC)(CCCCCC)CCCCCC.[N-]=C=O. The maximum absolute atomic E-state index is 8.24. The molecule has 0 N–H and O–H groups in total. The molecule has 0 saturated carbocycles. The van der Waals surface area contributed by atoms with Crippen molar-refractivity contribution in [3.05, 3.63) is 5.41 Å². The Morgan fingerprint density at radius 3 is 0.893 bits per heavy atom. The zero-order valence-corrected chi connectivity index (χ0v) is 19.9. The van der Waals surface area contributed by atoms with E-state index in [4.69, 9.17) is 10.2 Å². The minimum absolute atomic E-state index is 0.500. The van der Waals surface area contributed by atoms with Crippen LogP contribution in [0.15, 0.2) is 0 Å². The zero-order valence-electron chi connectivity index (χ0n) is 19.9. The molecule has 168 valence electrons. The number of quaternary nitrogens is 1. The molecule has 0 radical (unpaired) electrons. The van der Waals surface area contributed by atoms with Crippen molar-refractivity contribution in [3.63, 3.8) is 0 Å². The molecule has 28 heavy (non-hydrogen) atoms. The summed E-state index contributed by atoms with van der Waals surface area (Å²) in [7, 11) is 0. The van der Waals surface area contributed by atoms with Crippen LogP contribution in [0.1, 0.15) is 130 Å². The molecule has 0 amide bonds. The first-order valence-electron chi connectivity index (χ1n) is 12.5. The lowest BCUT2D eigenvalue weighted by atomic mass is 10.1. The molecule has 0 aliphatic rings. The van der Waals surface area contributed by atoms with Crippen LogP contribution in [0.4, 0.5) is 0 Å². The molecule has 0 aromatic rings. The molecule has 0 fully saturated rings. The van der Waals surface area contributed by atoms with Crippen molar-refractivity contribution < 1.29 is 9.28 Å². The highest BCUT2D eigenvalue weighted by molar-refractivity contribution is 5.36. The van der Waals surface area contributed by atoms with Gasteiger partial charge in [-0.1, -0.05) is 79.1 Å². The van der Waals surface area contributed by atoms with Crippen LogP contribution in [0.2, 0.25) is 0 Å². The highest BCUT2D eigenvalue weighted by Gasteiger charge is 2.25. The summed E-state index contributed by atoms with van der Waals surface area (Å²) in [5, 5.41) is 6.76. The Balaban J connectivity index is 0. The number of hydrogen-bond donors (Lipinski definition) is 0. The molecule has 0 aliphatic heterocycles. The van der Waals surface area contributed by atoms with Crippen LogP contribution < -0.4 is 0 Å². The van der Waals surface area contributed by atoms with E-state index in [9.17, 15) is 0 Å². The van der Waals surface area contributed by atoms with Crippen molar-refractivity contribution >= 4 is 6.08 Å². The summed E-state index contributed by atoms with van der Waals surface area (Å²) in [5.74, 6) is 0. The molecular weight excluding hydrogens is 344 g/mol. The summed E-state index contributed by atoms with van der Waals surface area (Å²) in [6.45, 7) is 15.2. The Morgan fingerprint density at radius 2 is 0.714 bits per heavy atom. The first-order chi connectivity index (χ1) is 13.7. The summed E-state index contributed by atoms with van der Waals surface area (Å²) in [4.78, 5) is 8.24. The van der Waals surface area contributed by atoms with Gasteiger partial charge in [0.15, 0.2) is 0 Å². The lowest BCUT2D eigenvalue weighted by molar-refractivity contribution is -0.929. The molecule has 0 heterocycles. The van der Waals surface area contributed by atoms with Gasteiger partial charge in [-0.05, 0) is 57.4 Å². The van der Waals surface area contributed by atoms with Gasteiger partial charge in [0.25, 0.3) is 0 Å². The summed E-state index contributed by atoms with van der Waals surface area (Å²) >= 11 is 0. The predicted octanol–water partition coefficient (Wildman–Crippen LogP) is 8.02. The number of rotatable bonds is 20. The van der Waals surface area contributed by atoms with Crippen molar-refractivity contribution in [1.82, 2.24) is 0 Å². The number of hydrogen-bond acceptors (Lipinski definition) is 1.